The summed E-state index contributed by atoms with van der Waals surface area (Å²) in [6.07, 6.45) is 2.16. The van der Waals surface area contributed by atoms with Crippen LogP contribution in [-0.2, 0) is 11.2 Å². The molecule has 29 heavy (non-hydrogen) atoms. The summed E-state index contributed by atoms with van der Waals surface area (Å²) in [5, 5.41) is 0.785. The monoisotopic (exact) mass is 415 g/mol. The number of nitrogens with zero attached hydrogens (tertiary/aromatic N) is 3. The molecule has 2 heterocycles. The molecule has 0 radical (unpaired) electrons. The lowest BCUT2D eigenvalue weighted by atomic mass is 10.1. The van der Waals surface area contributed by atoms with Gasteiger partial charge in [0.15, 0.2) is 0 Å². The first-order valence-electron chi connectivity index (χ1n) is 10.4. The highest BCUT2D eigenvalue weighted by Crippen LogP contribution is 2.30. The fraction of sp³-hybridized carbons (Fsp3) is 0.435. The SMILES string of the molecule is CCC(CC(=O)N1CCc2cc(F)ccc21)N1CCN(c2ccccc2Cl)CC1. The molecule has 4 nitrogen and oxygen atoms in total. The summed E-state index contributed by atoms with van der Waals surface area (Å²) < 4.78 is 13.5. The Morgan fingerprint density at radius 3 is 2.55 bits per heavy atom. The summed E-state index contributed by atoms with van der Waals surface area (Å²) in [6.45, 7) is 6.43. The van der Waals surface area contributed by atoms with Crippen LogP contribution in [0.3, 0.4) is 0 Å². The highest BCUT2D eigenvalue weighted by atomic mass is 35.5. The fourth-order valence-corrected chi connectivity index (χ4v) is 4.76. The van der Waals surface area contributed by atoms with E-state index in [2.05, 4.69) is 22.8 Å². The van der Waals surface area contributed by atoms with E-state index in [0.717, 1.165) is 61.0 Å². The third-order valence-corrected chi connectivity index (χ3v) is 6.46. The number of halogens is 2. The van der Waals surface area contributed by atoms with E-state index in [1.54, 1.807) is 12.1 Å². The van der Waals surface area contributed by atoms with E-state index in [-0.39, 0.29) is 17.8 Å². The van der Waals surface area contributed by atoms with Crippen LogP contribution in [-0.4, -0.2) is 49.6 Å². The van der Waals surface area contributed by atoms with Crippen LogP contribution in [0.25, 0.3) is 0 Å². The molecule has 1 atom stereocenters. The molecule has 154 valence electrons. The molecular formula is C23H27ClFN3O. The van der Waals surface area contributed by atoms with Crippen LogP contribution in [0, 0.1) is 5.82 Å². The number of rotatable bonds is 5. The van der Waals surface area contributed by atoms with E-state index in [4.69, 9.17) is 11.6 Å². The number of carbonyl (C=O) groups excluding carboxylic acids is 1. The molecule has 4 rings (SSSR count). The Kier molecular flexibility index (Phi) is 6.07. The maximum absolute atomic E-state index is 13.5. The Morgan fingerprint density at radius 1 is 1.07 bits per heavy atom. The largest absolute Gasteiger partial charge is 0.368 e. The lowest BCUT2D eigenvalue weighted by molar-refractivity contribution is -0.119. The van der Waals surface area contributed by atoms with Crippen molar-refractivity contribution in [3.8, 4) is 0 Å². The topological polar surface area (TPSA) is 26.8 Å². The minimum Gasteiger partial charge on any atom is -0.368 e. The zero-order valence-electron chi connectivity index (χ0n) is 16.8. The zero-order chi connectivity index (χ0) is 20.4. The summed E-state index contributed by atoms with van der Waals surface area (Å²) in [4.78, 5) is 19.6. The highest BCUT2D eigenvalue weighted by molar-refractivity contribution is 6.33. The summed E-state index contributed by atoms with van der Waals surface area (Å²) in [5.41, 5.74) is 2.88. The van der Waals surface area contributed by atoms with Crippen molar-refractivity contribution in [1.29, 1.82) is 0 Å². The Bertz CT molecular complexity index is 882. The van der Waals surface area contributed by atoms with Gasteiger partial charge in [0, 0.05) is 50.9 Å². The molecule has 2 aliphatic heterocycles. The number of hydrogen-bond acceptors (Lipinski definition) is 3. The van der Waals surface area contributed by atoms with E-state index in [0.29, 0.717) is 13.0 Å². The number of carbonyl (C=O) groups is 1. The minimum atomic E-state index is -0.235. The zero-order valence-corrected chi connectivity index (χ0v) is 17.5. The maximum Gasteiger partial charge on any atom is 0.228 e. The molecule has 0 aromatic heterocycles. The van der Waals surface area contributed by atoms with Gasteiger partial charge in [-0.2, -0.15) is 0 Å². The van der Waals surface area contributed by atoms with Crippen molar-refractivity contribution in [3.05, 3.63) is 58.9 Å². The Morgan fingerprint density at radius 2 is 1.83 bits per heavy atom. The Labute approximate surface area is 176 Å². The molecular weight excluding hydrogens is 389 g/mol. The maximum atomic E-state index is 13.5. The van der Waals surface area contributed by atoms with E-state index >= 15 is 0 Å². The molecule has 2 aromatic rings. The van der Waals surface area contributed by atoms with Crippen LogP contribution >= 0.6 is 11.6 Å². The average Bonchev–Trinajstić information content (AvgIpc) is 3.15. The second kappa shape index (κ2) is 8.72. The van der Waals surface area contributed by atoms with Gasteiger partial charge >= 0.3 is 0 Å². The lowest BCUT2D eigenvalue weighted by Gasteiger charge is -2.40. The second-order valence-electron chi connectivity index (χ2n) is 7.81. The molecule has 1 saturated heterocycles. The van der Waals surface area contributed by atoms with Crippen LogP contribution in [0.4, 0.5) is 15.8 Å². The third-order valence-electron chi connectivity index (χ3n) is 6.14. The summed E-state index contributed by atoms with van der Waals surface area (Å²) in [5.74, 6) is -0.100. The first kappa shape index (κ1) is 20.2. The van der Waals surface area contributed by atoms with Crippen LogP contribution in [0.5, 0.6) is 0 Å². The summed E-state index contributed by atoms with van der Waals surface area (Å²) in [6, 6.07) is 12.9. The van der Waals surface area contributed by atoms with Crippen LogP contribution in [0.2, 0.25) is 5.02 Å². The van der Waals surface area contributed by atoms with Gasteiger partial charge in [0.05, 0.1) is 10.7 Å². The summed E-state index contributed by atoms with van der Waals surface area (Å²) in [7, 11) is 0. The van der Waals surface area contributed by atoms with Crippen molar-refractivity contribution in [2.45, 2.75) is 32.2 Å². The molecule has 1 unspecified atom stereocenters. The number of fused-ring (bicyclic) bond motifs is 1. The standard InChI is InChI=1S/C23H27ClFN3O/c1-2-19(16-23(29)28-10-9-17-15-18(25)7-8-21(17)28)26-11-13-27(14-12-26)22-6-4-3-5-20(22)24/h3-8,15,19H,2,9-14,16H2,1H3. The number of piperazine rings is 1. The van der Waals surface area contributed by atoms with Gasteiger partial charge in [0.25, 0.3) is 0 Å². The molecule has 0 spiro atoms. The predicted molar refractivity (Wildman–Crippen MR) is 116 cm³/mol. The number of hydrogen-bond donors (Lipinski definition) is 0. The molecule has 0 N–H and O–H groups in total. The average molecular weight is 416 g/mol. The first-order valence-corrected chi connectivity index (χ1v) is 10.8. The van der Waals surface area contributed by atoms with Gasteiger partial charge in [-0.1, -0.05) is 30.7 Å². The molecule has 1 amide bonds. The van der Waals surface area contributed by atoms with Crippen molar-refractivity contribution >= 4 is 28.9 Å². The quantitative estimate of drug-likeness (QED) is 0.726. The van der Waals surface area contributed by atoms with E-state index in [1.807, 2.05) is 23.1 Å². The molecule has 1 fully saturated rings. The third kappa shape index (κ3) is 4.26. The highest BCUT2D eigenvalue weighted by Gasteiger charge is 2.30. The van der Waals surface area contributed by atoms with Crippen molar-refractivity contribution in [2.24, 2.45) is 0 Å². The van der Waals surface area contributed by atoms with Gasteiger partial charge in [0.1, 0.15) is 5.82 Å². The van der Waals surface area contributed by atoms with Gasteiger partial charge in [-0.05, 0) is 48.7 Å². The number of benzene rings is 2. The number of amides is 1. The number of para-hydroxylation sites is 1. The molecule has 2 aromatic carbocycles. The van der Waals surface area contributed by atoms with Crippen molar-refractivity contribution < 1.29 is 9.18 Å². The normalized spacial score (nSPS) is 18.0. The van der Waals surface area contributed by atoms with Crippen LogP contribution in [0.15, 0.2) is 42.5 Å². The van der Waals surface area contributed by atoms with Gasteiger partial charge < -0.3 is 9.80 Å². The molecule has 0 aliphatic carbocycles. The van der Waals surface area contributed by atoms with Crippen LogP contribution in [0.1, 0.15) is 25.3 Å². The number of anilines is 2. The van der Waals surface area contributed by atoms with Gasteiger partial charge in [-0.15, -0.1) is 0 Å². The fourth-order valence-electron chi connectivity index (χ4n) is 4.51. The Hall–Kier alpha value is -2.11. The van der Waals surface area contributed by atoms with E-state index in [9.17, 15) is 9.18 Å². The smallest absolute Gasteiger partial charge is 0.228 e. The van der Waals surface area contributed by atoms with Crippen molar-refractivity contribution in [1.82, 2.24) is 4.90 Å². The summed E-state index contributed by atoms with van der Waals surface area (Å²) >= 11 is 6.35. The molecule has 6 heteroatoms. The Balaban J connectivity index is 1.37. The second-order valence-corrected chi connectivity index (χ2v) is 8.22. The predicted octanol–water partition coefficient (Wildman–Crippen LogP) is 4.36. The van der Waals surface area contributed by atoms with Gasteiger partial charge in [-0.25, -0.2) is 4.39 Å². The van der Waals surface area contributed by atoms with Crippen molar-refractivity contribution in [2.75, 3.05) is 42.5 Å². The molecule has 2 aliphatic rings. The first-order chi connectivity index (χ1) is 14.1. The minimum absolute atomic E-state index is 0.135. The van der Waals surface area contributed by atoms with Crippen molar-refractivity contribution in [3.63, 3.8) is 0 Å². The lowest BCUT2D eigenvalue weighted by Crippen LogP contribution is -2.51. The van der Waals surface area contributed by atoms with E-state index in [1.165, 1.54) is 6.07 Å². The molecule has 0 saturated carbocycles. The van der Waals surface area contributed by atoms with Gasteiger partial charge in [-0.3, -0.25) is 9.69 Å². The molecule has 0 bridgehead atoms. The van der Waals surface area contributed by atoms with Gasteiger partial charge in [0.2, 0.25) is 5.91 Å². The van der Waals surface area contributed by atoms with Crippen LogP contribution < -0.4 is 9.80 Å². The van der Waals surface area contributed by atoms with E-state index < -0.39 is 0 Å².